The van der Waals surface area contributed by atoms with Crippen molar-refractivity contribution in [3.63, 3.8) is 0 Å². The highest BCUT2D eigenvalue weighted by Gasteiger charge is 2.34. The molecule has 0 amide bonds. The first-order valence-corrected chi connectivity index (χ1v) is 5.98. The molecule has 0 saturated heterocycles. The standard InChI is InChI=1S/C12H12ClF4N/c13-9-5-7(12(15,16)17)4-8(11(9)14)10(18)3-6-1-2-6/h4-6,10H,1-3,18H2/t10-/m1/s1. The van der Waals surface area contributed by atoms with Crippen molar-refractivity contribution in [2.24, 2.45) is 11.7 Å². The number of benzene rings is 1. The van der Waals surface area contributed by atoms with E-state index in [2.05, 4.69) is 0 Å². The molecule has 2 N–H and O–H groups in total. The summed E-state index contributed by atoms with van der Waals surface area (Å²) in [6.07, 6.45) is -2.05. The molecule has 1 nitrogen and oxygen atoms in total. The van der Waals surface area contributed by atoms with E-state index in [1.165, 1.54) is 0 Å². The molecule has 0 radical (unpaired) electrons. The zero-order valence-electron chi connectivity index (χ0n) is 9.40. The minimum absolute atomic E-state index is 0.151. The van der Waals surface area contributed by atoms with E-state index in [0.29, 0.717) is 18.4 Å². The lowest BCUT2D eigenvalue weighted by Gasteiger charge is -2.16. The molecule has 1 atom stereocenters. The first-order valence-electron chi connectivity index (χ1n) is 5.60. The van der Waals surface area contributed by atoms with Gasteiger partial charge in [-0.15, -0.1) is 0 Å². The van der Waals surface area contributed by atoms with Crippen LogP contribution in [0.3, 0.4) is 0 Å². The van der Waals surface area contributed by atoms with Gasteiger partial charge in [0.1, 0.15) is 5.82 Å². The molecule has 6 heteroatoms. The van der Waals surface area contributed by atoms with E-state index >= 15 is 0 Å². The van der Waals surface area contributed by atoms with Crippen LogP contribution >= 0.6 is 11.6 Å². The van der Waals surface area contributed by atoms with Crippen molar-refractivity contribution >= 4 is 11.6 Å². The van der Waals surface area contributed by atoms with Crippen LogP contribution in [0.2, 0.25) is 5.02 Å². The summed E-state index contributed by atoms with van der Waals surface area (Å²) in [6.45, 7) is 0. The van der Waals surface area contributed by atoms with Crippen LogP contribution in [0, 0.1) is 11.7 Å². The van der Waals surface area contributed by atoms with Gasteiger partial charge in [0.15, 0.2) is 0 Å². The molecule has 0 aliphatic heterocycles. The van der Waals surface area contributed by atoms with Gasteiger partial charge in [-0.05, 0) is 24.5 Å². The van der Waals surface area contributed by atoms with Crippen LogP contribution in [-0.4, -0.2) is 0 Å². The lowest BCUT2D eigenvalue weighted by atomic mass is 9.99. The molecule has 0 heterocycles. The summed E-state index contributed by atoms with van der Waals surface area (Å²) in [5.41, 5.74) is 4.64. The molecule has 1 fully saturated rings. The Morgan fingerprint density at radius 1 is 1.33 bits per heavy atom. The van der Waals surface area contributed by atoms with Crippen molar-refractivity contribution in [3.05, 3.63) is 34.1 Å². The highest BCUT2D eigenvalue weighted by atomic mass is 35.5. The second-order valence-electron chi connectivity index (χ2n) is 4.64. The van der Waals surface area contributed by atoms with E-state index in [1.807, 2.05) is 0 Å². The SMILES string of the molecule is N[C@H](CC1CC1)c1cc(C(F)(F)F)cc(Cl)c1F. The monoisotopic (exact) mass is 281 g/mol. The number of rotatable bonds is 3. The van der Waals surface area contributed by atoms with Gasteiger partial charge in [-0.25, -0.2) is 4.39 Å². The molecule has 0 unspecified atom stereocenters. The maximum absolute atomic E-state index is 13.7. The van der Waals surface area contributed by atoms with Crippen LogP contribution in [0.25, 0.3) is 0 Å². The number of hydrogen-bond acceptors (Lipinski definition) is 1. The van der Waals surface area contributed by atoms with Crippen molar-refractivity contribution in [2.75, 3.05) is 0 Å². The van der Waals surface area contributed by atoms with Crippen molar-refractivity contribution in [1.82, 2.24) is 0 Å². The topological polar surface area (TPSA) is 26.0 Å². The van der Waals surface area contributed by atoms with Crippen LogP contribution in [0.4, 0.5) is 17.6 Å². The third kappa shape index (κ3) is 2.95. The van der Waals surface area contributed by atoms with E-state index in [1.54, 1.807) is 0 Å². The Kier molecular flexibility index (Phi) is 3.56. The largest absolute Gasteiger partial charge is 0.416 e. The van der Waals surface area contributed by atoms with E-state index < -0.39 is 28.6 Å². The van der Waals surface area contributed by atoms with Gasteiger partial charge in [0.25, 0.3) is 0 Å². The summed E-state index contributed by atoms with van der Waals surface area (Å²) < 4.78 is 51.5. The number of halogens is 5. The Morgan fingerprint density at radius 2 is 1.94 bits per heavy atom. The van der Waals surface area contributed by atoms with Crippen molar-refractivity contribution in [3.8, 4) is 0 Å². The normalized spacial score (nSPS) is 17.9. The van der Waals surface area contributed by atoms with Crippen LogP contribution in [0.1, 0.15) is 36.4 Å². The average Bonchev–Trinajstić information content (AvgIpc) is 3.03. The molecular formula is C12H12ClF4N. The number of alkyl halides is 3. The zero-order chi connectivity index (χ0) is 13.5. The lowest BCUT2D eigenvalue weighted by Crippen LogP contribution is -2.15. The minimum Gasteiger partial charge on any atom is -0.324 e. The number of nitrogens with two attached hydrogens (primary N) is 1. The van der Waals surface area contributed by atoms with E-state index in [9.17, 15) is 17.6 Å². The second-order valence-corrected chi connectivity index (χ2v) is 5.05. The van der Waals surface area contributed by atoms with Crippen molar-refractivity contribution in [1.29, 1.82) is 0 Å². The fraction of sp³-hybridized carbons (Fsp3) is 0.500. The molecule has 0 bridgehead atoms. The molecule has 18 heavy (non-hydrogen) atoms. The van der Waals surface area contributed by atoms with Gasteiger partial charge in [-0.3, -0.25) is 0 Å². The molecule has 0 spiro atoms. The van der Waals surface area contributed by atoms with Gasteiger partial charge in [-0.1, -0.05) is 24.4 Å². The fourth-order valence-electron chi connectivity index (χ4n) is 1.88. The highest BCUT2D eigenvalue weighted by Crippen LogP contribution is 2.40. The predicted molar refractivity (Wildman–Crippen MR) is 60.7 cm³/mol. The molecule has 1 saturated carbocycles. The van der Waals surface area contributed by atoms with Crippen LogP contribution in [-0.2, 0) is 6.18 Å². The third-order valence-electron chi connectivity index (χ3n) is 3.07. The molecular weight excluding hydrogens is 270 g/mol. The Bertz CT molecular complexity index is 454. The van der Waals surface area contributed by atoms with Crippen LogP contribution in [0.15, 0.2) is 12.1 Å². The molecule has 1 aromatic carbocycles. The fourth-order valence-corrected chi connectivity index (χ4v) is 2.11. The van der Waals surface area contributed by atoms with Gasteiger partial charge in [-0.2, -0.15) is 13.2 Å². The minimum atomic E-state index is -4.55. The first kappa shape index (κ1) is 13.6. The first-order chi connectivity index (χ1) is 8.29. The maximum Gasteiger partial charge on any atom is 0.416 e. The predicted octanol–water partition coefficient (Wildman–Crippen LogP) is 4.30. The Balaban J connectivity index is 2.35. The quantitative estimate of drug-likeness (QED) is 0.822. The van der Waals surface area contributed by atoms with Crippen molar-refractivity contribution < 1.29 is 17.6 Å². The summed E-state index contributed by atoms with van der Waals surface area (Å²) in [7, 11) is 0. The molecule has 1 aromatic rings. The Labute approximate surface area is 107 Å². The van der Waals surface area contributed by atoms with Gasteiger partial charge in [0, 0.05) is 11.6 Å². The molecule has 2 rings (SSSR count). The Morgan fingerprint density at radius 3 is 2.44 bits per heavy atom. The smallest absolute Gasteiger partial charge is 0.324 e. The van der Waals surface area contributed by atoms with E-state index in [0.717, 1.165) is 18.9 Å². The lowest BCUT2D eigenvalue weighted by molar-refractivity contribution is -0.137. The van der Waals surface area contributed by atoms with Crippen molar-refractivity contribution in [2.45, 2.75) is 31.5 Å². The van der Waals surface area contributed by atoms with Gasteiger partial charge >= 0.3 is 6.18 Å². The van der Waals surface area contributed by atoms with Crippen LogP contribution in [0.5, 0.6) is 0 Å². The average molecular weight is 282 g/mol. The van der Waals surface area contributed by atoms with Crippen LogP contribution < -0.4 is 5.73 Å². The van der Waals surface area contributed by atoms with Gasteiger partial charge in [0.2, 0.25) is 0 Å². The molecule has 1 aliphatic rings. The summed E-state index contributed by atoms with van der Waals surface area (Å²) in [5.74, 6) is -0.453. The molecule has 1 aliphatic carbocycles. The Hall–Kier alpha value is -0.810. The second kappa shape index (κ2) is 4.70. The number of hydrogen-bond donors (Lipinski definition) is 1. The molecule has 0 aromatic heterocycles. The third-order valence-corrected chi connectivity index (χ3v) is 3.34. The zero-order valence-corrected chi connectivity index (χ0v) is 10.2. The van der Waals surface area contributed by atoms with E-state index in [4.69, 9.17) is 17.3 Å². The summed E-state index contributed by atoms with van der Waals surface area (Å²) in [6, 6.07) is 0.607. The van der Waals surface area contributed by atoms with E-state index in [-0.39, 0.29) is 5.56 Å². The summed E-state index contributed by atoms with van der Waals surface area (Å²) in [4.78, 5) is 0. The summed E-state index contributed by atoms with van der Waals surface area (Å²) >= 11 is 5.49. The molecule has 100 valence electrons. The highest BCUT2D eigenvalue weighted by molar-refractivity contribution is 6.30. The summed E-state index contributed by atoms with van der Waals surface area (Å²) in [5, 5.41) is -0.536. The van der Waals surface area contributed by atoms with Gasteiger partial charge in [0.05, 0.1) is 10.6 Å². The van der Waals surface area contributed by atoms with Gasteiger partial charge < -0.3 is 5.73 Å². The maximum atomic E-state index is 13.7.